The van der Waals surface area contributed by atoms with Crippen LogP contribution in [0.25, 0.3) is 0 Å². The molecule has 0 aromatic heterocycles. The second-order valence-corrected chi connectivity index (χ2v) is 5.45. The summed E-state index contributed by atoms with van der Waals surface area (Å²) in [6.45, 7) is -0.176. The fourth-order valence-corrected chi connectivity index (χ4v) is 2.80. The molecule has 1 saturated carbocycles. The van der Waals surface area contributed by atoms with Crippen molar-refractivity contribution in [2.45, 2.75) is 31.4 Å². The van der Waals surface area contributed by atoms with E-state index in [-0.39, 0.29) is 18.9 Å². The predicted octanol–water partition coefficient (Wildman–Crippen LogP) is 0.526. The third-order valence-corrected chi connectivity index (χ3v) is 3.80. The molecule has 2 aliphatic rings. The van der Waals surface area contributed by atoms with E-state index in [1.807, 2.05) is 0 Å². The van der Waals surface area contributed by atoms with E-state index < -0.39 is 25.9 Å². The van der Waals surface area contributed by atoms with Gasteiger partial charge in [-0.3, -0.25) is 4.52 Å². The van der Waals surface area contributed by atoms with Gasteiger partial charge < -0.3 is 19.6 Å². The molecule has 4 unspecified atom stereocenters. The van der Waals surface area contributed by atoms with Gasteiger partial charge in [-0.15, -0.1) is 0 Å². The summed E-state index contributed by atoms with van der Waals surface area (Å²) in [4.78, 5) is 16.9. The Morgan fingerprint density at radius 3 is 2.69 bits per heavy atom. The molecule has 1 saturated heterocycles. The predicted molar refractivity (Wildman–Crippen MR) is 49.8 cm³/mol. The Labute approximate surface area is 91.6 Å². The van der Waals surface area contributed by atoms with Gasteiger partial charge in [-0.05, 0) is 19.3 Å². The first-order valence-corrected chi connectivity index (χ1v) is 6.60. The van der Waals surface area contributed by atoms with Gasteiger partial charge in [0.2, 0.25) is 6.36 Å². The van der Waals surface area contributed by atoms with Crippen molar-refractivity contribution in [2.75, 3.05) is 6.61 Å². The monoisotopic (exact) mass is 256 g/mol. The van der Waals surface area contributed by atoms with Crippen molar-refractivity contribution in [3.63, 3.8) is 0 Å². The van der Waals surface area contributed by atoms with E-state index in [9.17, 15) is 14.1 Å². The highest BCUT2D eigenvalue weighted by molar-refractivity contribution is 7.46. The van der Waals surface area contributed by atoms with Crippen molar-refractivity contribution in [1.29, 1.82) is 0 Å². The first kappa shape index (κ1) is 12.4. The number of hydrogen-bond donors (Lipinski definition) is 3. The zero-order chi connectivity index (χ0) is 12.0. The quantitative estimate of drug-likeness (QED) is 0.635. The molecule has 1 heterocycles. The molecular formula is C8H14FO6P. The number of ether oxygens (including phenoxy) is 1. The van der Waals surface area contributed by atoms with Crippen LogP contribution in [0.5, 0.6) is 0 Å². The minimum atomic E-state index is -4.47. The Kier molecular flexibility index (Phi) is 3.11. The van der Waals surface area contributed by atoms with Crippen LogP contribution in [0.3, 0.4) is 0 Å². The largest absolute Gasteiger partial charge is 0.469 e. The maximum Gasteiger partial charge on any atom is 0.469 e. The van der Waals surface area contributed by atoms with Crippen LogP contribution in [-0.2, 0) is 13.8 Å². The molecule has 8 heteroatoms. The average molecular weight is 256 g/mol. The van der Waals surface area contributed by atoms with Gasteiger partial charge >= 0.3 is 7.82 Å². The van der Waals surface area contributed by atoms with Gasteiger partial charge in [-0.1, -0.05) is 0 Å². The lowest BCUT2D eigenvalue weighted by molar-refractivity contribution is -0.402. The average Bonchev–Trinajstić information content (AvgIpc) is 2.36. The number of halogens is 1. The topological polar surface area (TPSA) is 96.2 Å². The van der Waals surface area contributed by atoms with Crippen LogP contribution in [-0.4, -0.2) is 33.6 Å². The van der Waals surface area contributed by atoms with Crippen molar-refractivity contribution in [2.24, 2.45) is 11.8 Å². The van der Waals surface area contributed by atoms with Crippen molar-refractivity contribution in [3.05, 3.63) is 0 Å². The summed E-state index contributed by atoms with van der Waals surface area (Å²) in [6, 6.07) is 0. The van der Waals surface area contributed by atoms with Crippen LogP contribution in [0.1, 0.15) is 19.3 Å². The van der Waals surface area contributed by atoms with Gasteiger partial charge in [0.1, 0.15) is 0 Å². The van der Waals surface area contributed by atoms with Crippen molar-refractivity contribution in [1.82, 2.24) is 0 Å². The van der Waals surface area contributed by atoms with Crippen LogP contribution in [0, 0.1) is 11.8 Å². The summed E-state index contributed by atoms with van der Waals surface area (Å²) in [5.74, 6) is -2.29. The molecule has 0 aromatic rings. The summed E-state index contributed by atoms with van der Waals surface area (Å²) in [7, 11) is -4.47. The van der Waals surface area contributed by atoms with E-state index in [0.29, 0.717) is 12.8 Å². The molecule has 0 bridgehead atoms. The van der Waals surface area contributed by atoms with Gasteiger partial charge in [0.15, 0.2) is 5.79 Å². The molecule has 0 amide bonds. The number of rotatable bonds is 4. The Bertz CT molecular complexity index is 320. The molecule has 16 heavy (non-hydrogen) atoms. The summed E-state index contributed by atoms with van der Waals surface area (Å²) < 4.78 is 32.2. The molecule has 0 aromatic carbocycles. The molecule has 4 atom stereocenters. The maximum atomic E-state index is 12.9. The van der Waals surface area contributed by atoms with E-state index in [1.165, 1.54) is 0 Å². The number of alkyl halides is 1. The summed E-state index contributed by atoms with van der Waals surface area (Å²) in [5, 5.41) is 9.90. The lowest BCUT2D eigenvalue weighted by atomic mass is 9.89. The van der Waals surface area contributed by atoms with Crippen molar-refractivity contribution in [3.8, 4) is 0 Å². The molecule has 0 spiro atoms. The first-order valence-electron chi connectivity index (χ1n) is 5.07. The molecule has 2 fully saturated rings. The third-order valence-electron chi connectivity index (χ3n) is 3.29. The second kappa shape index (κ2) is 4.01. The lowest BCUT2D eigenvalue weighted by Gasteiger charge is -2.46. The van der Waals surface area contributed by atoms with Gasteiger partial charge in [-0.25, -0.2) is 8.96 Å². The van der Waals surface area contributed by atoms with Crippen LogP contribution < -0.4 is 0 Å². The minimum Gasteiger partial charge on any atom is -0.365 e. The standard InChI is InChI=1S/C8H14FO6P/c9-7-6-2-1-5(8(6,10)15-7)3-4-14-16(11,12)13/h5-7,10H,1-4H2,(H2,11,12,13). The number of phosphoric acid groups is 1. The molecule has 2 rings (SSSR count). The smallest absolute Gasteiger partial charge is 0.365 e. The lowest BCUT2D eigenvalue weighted by Crippen LogP contribution is -2.58. The van der Waals surface area contributed by atoms with Crippen LogP contribution >= 0.6 is 7.82 Å². The second-order valence-electron chi connectivity index (χ2n) is 4.21. The van der Waals surface area contributed by atoms with Gasteiger partial charge in [0, 0.05) is 5.92 Å². The fourth-order valence-electron chi connectivity index (χ4n) is 2.45. The van der Waals surface area contributed by atoms with Crippen LogP contribution in [0.15, 0.2) is 0 Å². The van der Waals surface area contributed by atoms with Crippen molar-refractivity contribution < 1.29 is 33.1 Å². The summed E-state index contributed by atoms with van der Waals surface area (Å²) >= 11 is 0. The molecule has 3 N–H and O–H groups in total. The molecular weight excluding hydrogens is 242 g/mol. The van der Waals surface area contributed by atoms with E-state index in [0.717, 1.165) is 0 Å². The number of hydrogen-bond acceptors (Lipinski definition) is 4. The van der Waals surface area contributed by atoms with Gasteiger partial charge in [0.25, 0.3) is 0 Å². The van der Waals surface area contributed by atoms with E-state index in [4.69, 9.17) is 9.79 Å². The summed E-state index contributed by atoms with van der Waals surface area (Å²) in [6.07, 6.45) is -0.0764. The van der Waals surface area contributed by atoms with E-state index >= 15 is 0 Å². The Hall–Kier alpha value is -0.0400. The van der Waals surface area contributed by atoms with Gasteiger partial charge in [0.05, 0.1) is 12.5 Å². The number of aliphatic hydroxyl groups is 1. The Balaban J connectivity index is 1.82. The highest BCUT2D eigenvalue weighted by Gasteiger charge is 2.62. The molecule has 1 aliphatic heterocycles. The van der Waals surface area contributed by atoms with Crippen molar-refractivity contribution >= 4 is 7.82 Å². The highest BCUT2D eigenvalue weighted by atomic mass is 31.2. The Morgan fingerprint density at radius 2 is 2.19 bits per heavy atom. The number of fused-ring (bicyclic) bond motifs is 1. The Morgan fingerprint density at radius 1 is 1.50 bits per heavy atom. The molecule has 94 valence electrons. The highest BCUT2D eigenvalue weighted by Crippen LogP contribution is 2.54. The fraction of sp³-hybridized carbons (Fsp3) is 1.00. The summed E-state index contributed by atoms with van der Waals surface area (Å²) in [5.41, 5.74) is 0. The van der Waals surface area contributed by atoms with Crippen LogP contribution in [0.4, 0.5) is 4.39 Å². The zero-order valence-electron chi connectivity index (χ0n) is 8.45. The maximum absolute atomic E-state index is 12.9. The van der Waals surface area contributed by atoms with Crippen LogP contribution in [0.2, 0.25) is 0 Å². The number of phosphoric ester groups is 1. The molecule has 6 nitrogen and oxygen atoms in total. The van der Waals surface area contributed by atoms with E-state index in [2.05, 4.69) is 9.26 Å². The third kappa shape index (κ3) is 2.16. The molecule has 1 aliphatic carbocycles. The normalized spacial score (nSPS) is 42.9. The van der Waals surface area contributed by atoms with E-state index in [1.54, 1.807) is 0 Å². The van der Waals surface area contributed by atoms with Gasteiger partial charge in [-0.2, -0.15) is 0 Å². The minimum absolute atomic E-state index is 0.176. The molecule has 0 radical (unpaired) electrons. The SMILES string of the molecule is O=P(O)(O)OCCC1CCC2C(F)OC12O. The zero-order valence-corrected chi connectivity index (χ0v) is 9.35. The first-order chi connectivity index (χ1) is 7.33.